The molecule has 0 spiro atoms. The number of carbonyl (C=O) groups is 1. The van der Waals surface area contributed by atoms with Gasteiger partial charge in [0.2, 0.25) is 0 Å². The number of fused-ring (bicyclic) bond motifs is 4. The number of hydrogen-bond donors (Lipinski definition) is 3. The van der Waals surface area contributed by atoms with Gasteiger partial charge in [0.05, 0.1) is 22.7 Å². The smallest absolute Gasteiger partial charge is 0.262 e. The van der Waals surface area contributed by atoms with Crippen LogP contribution >= 0.6 is 0 Å². The van der Waals surface area contributed by atoms with Gasteiger partial charge in [-0.2, -0.15) is 5.10 Å². The number of benzene rings is 2. The number of H-pyrrole nitrogens is 1. The molecule has 0 bridgehead atoms. The molecule has 7 heteroatoms. The van der Waals surface area contributed by atoms with Gasteiger partial charge in [-0.25, -0.2) is 4.98 Å². The predicted octanol–water partition coefficient (Wildman–Crippen LogP) is 3.22. The Hall–Kier alpha value is -3.61. The van der Waals surface area contributed by atoms with Crippen LogP contribution in [0.5, 0.6) is 0 Å². The first-order chi connectivity index (χ1) is 12.7. The van der Waals surface area contributed by atoms with E-state index in [0.717, 1.165) is 21.9 Å². The summed E-state index contributed by atoms with van der Waals surface area (Å²) < 4.78 is 1.97. The Labute approximate surface area is 148 Å². The quantitative estimate of drug-likeness (QED) is 0.520. The van der Waals surface area contributed by atoms with Crippen molar-refractivity contribution < 1.29 is 9.90 Å². The zero-order valence-corrected chi connectivity index (χ0v) is 13.7. The molecule has 0 radical (unpaired) electrons. The standard InChI is InChI=1S/C19H15N5O2/c25-16-7-8-24-15-4-2-1-3-13(15)22-18(24)17(16)19(26)21-12-6-5-11-10-20-23-14(11)9-12/h1-6,9-10,25H,7-8H2,(H,20,23)(H,21,26). The number of carbonyl (C=O) groups excluding carboxylic acids is 1. The highest BCUT2D eigenvalue weighted by molar-refractivity contribution is 6.25. The number of imidazole rings is 1. The van der Waals surface area contributed by atoms with E-state index in [2.05, 4.69) is 20.5 Å². The Balaban J connectivity index is 1.55. The molecule has 0 saturated carbocycles. The second-order valence-electron chi connectivity index (χ2n) is 6.27. The summed E-state index contributed by atoms with van der Waals surface area (Å²) in [6.07, 6.45) is 2.12. The van der Waals surface area contributed by atoms with Crippen molar-refractivity contribution in [1.29, 1.82) is 0 Å². The highest BCUT2D eigenvalue weighted by atomic mass is 16.3. The van der Waals surface area contributed by atoms with Crippen molar-refractivity contribution in [1.82, 2.24) is 19.7 Å². The molecule has 0 fully saturated rings. The molecular formula is C19H15N5O2. The number of anilines is 1. The second kappa shape index (κ2) is 5.45. The summed E-state index contributed by atoms with van der Waals surface area (Å²) in [5, 5.41) is 21.0. The number of nitrogens with one attached hydrogen (secondary N) is 2. The molecule has 26 heavy (non-hydrogen) atoms. The zero-order chi connectivity index (χ0) is 17.7. The van der Waals surface area contributed by atoms with Gasteiger partial charge in [-0.15, -0.1) is 0 Å². The molecular weight excluding hydrogens is 330 g/mol. The van der Waals surface area contributed by atoms with Crippen LogP contribution in [-0.2, 0) is 11.3 Å². The summed E-state index contributed by atoms with van der Waals surface area (Å²) in [6.45, 7) is 0.596. The summed E-state index contributed by atoms with van der Waals surface area (Å²) in [6, 6.07) is 13.2. The number of para-hydroxylation sites is 2. The van der Waals surface area contributed by atoms with E-state index in [-0.39, 0.29) is 17.2 Å². The Morgan fingerprint density at radius 1 is 1.23 bits per heavy atom. The van der Waals surface area contributed by atoms with Gasteiger partial charge in [0.15, 0.2) is 0 Å². The van der Waals surface area contributed by atoms with Crippen LogP contribution < -0.4 is 5.32 Å². The molecule has 1 amide bonds. The second-order valence-corrected chi connectivity index (χ2v) is 6.27. The third-order valence-corrected chi connectivity index (χ3v) is 4.67. The van der Waals surface area contributed by atoms with Gasteiger partial charge in [0.25, 0.3) is 5.91 Å². The van der Waals surface area contributed by atoms with Gasteiger partial charge in [-0.3, -0.25) is 9.89 Å². The van der Waals surface area contributed by atoms with E-state index in [1.165, 1.54) is 0 Å². The summed E-state index contributed by atoms with van der Waals surface area (Å²) in [7, 11) is 0. The number of aliphatic hydroxyl groups is 1. The SMILES string of the molecule is O=C(Nc1ccc2cn[nH]c2c1)C1=C(O)CCn2c1nc1ccccc12. The molecule has 1 aliphatic heterocycles. The minimum absolute atomic E-state index is 0.0629. The topological polar surface area (TPSA) is 95.8 Å². The first-order valence-electron chi connectivity index (χ1n) is 8.33. The van der Waals surface area contributed by atoms with E-state index in [1.54, 1.807) is 12.3 Å². The molecule has 0 aliphatic carbocycles. The molecule has 2 aromatic heterocycles. The number of amides is 1. The van der Waals surface area contributed by atoms with Crippen LogP contribution in [-0.4, -0.2) is 30.8 Å². The van der Waals surface area contributed by atoms with Crippen LogP contribution in [0.1, 0.15) is 12.2 Å². The fourth-order valence-corrected chi connectivity index (χ4v) is 3.41. The number of aromatic nitrogens is 4. The van der Waals surface area contributed by atoms with Crippen molar-refractivity contribution in [3.05, 3.63) is 60.2 Å². The fraction of sp³-hybridized carbons (Fsp3) is 0.105. The van der Waals surface area contributed by atoms with Gasteiger partial charge in [0, 0.05) is 24.0 Å². The number of nitrogens with zero attached hydrogens (tertiary/aromatic N) is 3. The van der Waals surface area contributed by atoms with Gasteiger partial charge in [-0.1, -0.05) is 12.1 Å². The Morgan fingerprint density at radius 3 is 3.04 bits per heavy atom. The van der Waals surface area contributed by atoms with Gasteiger partial charge in [0.1, 0.15) is 17.2 Å². The van der Waals surface area contributed by atoms with Crippen molar-refractivity contribution in [2.24, 2.45) is 0 Å². The first kappa shape index (κ1) is 14.7. The highest BCUT2D eigenvalue weighted by Crippen LogP contribution is 2.30. The summed E-state index contributed by atoms with van der Waals surface area (Å²) in [5.41, 5.74) is 3.44. The normalized spacial score (nSPS) is 14.0. The van der Waals surface area contributed by atoms with E-state index in [9.17, 15) is 9.90 Å². The van der Waals surface area contributed by atoms with E-state index in [0.29, 0.717) is 24.5 Å². The maximum Gasteiger partial charge on any atom is 0.262 e. The van der Waals surface area contributed by atoms with Crippen LogP contribution in [0.3, 0.4) is 0 Å². The lowest BCUT2D eigenvalue weighted by Crippen LogP contribution is -2.22. The fourth-order valence-electron chi connectivity index (χ4n) is 3.41. The lowest BCUT2D eigenvalue weighted by atomic mass is 10.1. The third-order valence-electron chi connectivity index (χ3n) is 4.67. The number of aliphatic hydroxyl groups excluding tert-OH is 1. The van der Waals surface area contributed by atoms with Crippen molar-refractivity contribution >= 4 is 39.1 Å². The van der Waals surface area contributed by atoms with Gasteiger partial charge < -0.3 is 15.0 Å². The van der Waals surface area contributed by atoms with Gasteiger partial charge >= 0.3 is 0 Å². The van der Waals surface area contributed by atoms with E-state index in [4.69, 9.17) is 0 Å². The number of hydrogen-bond acceptors (Lipinski definition) is 4. The average Bonchev–Trinajstić information content (AvgIpc) is 3.24. The number of allylic oxidation sites excluding steroid dienone is 1. The van der Waals surface area contributed by atoms with Crippen LogP contribution in [0.15, 0.2) is 54.4 Å². The summed E-state index contributed by atoms with van der Waals surface area (Å²) in [4.78, 5) is 17.4. The van der Waals surface area contributed by atoms with E-state index >= 15 is 0 Å². The van der Waals surface area contributed by atoms with Crippen molar-refractivity contribution in [3.63, 3.8) is 0 Å². The van der Waals surface area contributed by atoms with Crippen LogP contribution in [0, 0.1) is 0 Å². The molecule has 3 N–H and O–H groups in total. The maximum absolute atomic E-state index is 12.9. The highest BCUT2D eigenvalue weighted by Gasteiger charge is 2.28. The largest absolute Gasteiger partial charge is 0.511 e. The van der Waals surface area contributed by atoms with Crippen LogP contribution in [0.4, 0.5) is 5.69 Å². The first-order valence-corrected chi connectivity index (χ1v) is 8.33. The molecule has 1 aliphatic rings. The van der Waals surface area contributed by atoms with Gasteiger partial charge in [-0.05, 0) is 30.3 Å². The van der Waals surface area contributed by atoms with Crippen molar-refractivity contribution in [2.45, 2.75) is 13.0 Å². The maximum atomic E-state index is 12.9. The molecule has 3 heterocycles. The van der Waals surface area contributed by atoms with Crippen LogP contribution in [0.25, 0.3) is 27.5 Å². The minimum Gasteiger partial charge on any atom is -0.511 e. The van der Waals surface area contributed by atoms with Crippen LogP contribution in [0.2, 0.25) is 0 Å². The Bertz CT molecular complexity index is 1200. The summed E-state index contributed by atoms with van der Waals surface area (Å²) >= 11 is 0. The third kappa shape index (κ3) is 2.17. The monoisotopic (exact) mass is 345 g/mol. The van der Waals surface area contributed by atoms with E-state index < -0.39 is 0 Å². The lowest BCUT2D eigenvalue weighted by Gasteiger charge is -2.18. The van der Waals surface area contributed by atoms with Crippen molar-refractivity contribution in [3.8, 4) is 0 Å². The minimum atomic E-state index is -0.377. The molecule has 7 nitrogen and oxygen atoms in total. The van der Waals surface area contributed by atoms with Crippen molar-refractivity contribution in [2.75, 3.05) is 5.32 Å². The zero-order valence-electron chi connectivity index (χ0n) is 13.7. The Kier molecular flexibility index (Phi) is 3.08. The molecule has 4 aromatic rings. The lowest BCUT2D eigenvalue weighted by molar-refractivity contribution is -0.111. The molecule has 2 aromatic carbocycles. The number of aryl methyl sites for hydroxylation is 1. The predicted molar refractivity (Wildman–Crippen MR) is 98.6 cm³/mol. The molecule has 128 valence electrons. The average molecular weight is 345 g/mol. The molecule has 0 atom stereocenters. The van der Waals surface area contributed by atoms with E-state index in [1.807, 2.05) is 41.0 Å². The molecule has 5 rings (SSSR count). The summed E-state index contributed by atoms with van der Waals surface area (Å²) in [5.74, 6) is 0.181. The number of aromatic amines is 1. The number of rotatable bonds is 2. The Morgan fingerprint density at radius 2 is 2.12 bits per heavy atom. The molecule has 0 unspecified atom stereocenters. The molecule has 0 saturated heterocycles.